The molecule has 0 spiro atoms. The minimum Gasteiger partial charge on any atom is -0.379 e. The number of nitrogens with zero attached hydrogens (tertiary/aromatic N) is 3. The first-order chi connectivity index (χ1) is 9.72. The average Bonchev–Trinajstić information content (AvgIpc) is 3.08. The van der Waals surface area contributed by atoms with Gasteiger partial charge in [-0.05, 0) is 51.1 Å². The Balaban J connectivity index is 1.86. The number of nitrogens with one attached hydrogen (secondary N) is 1. The zero-order valence-electron chi connectivity index (χ0n) is 10.3. The molecule has 0 unspecified atom stereocenters. The SMILES string of the molecule is Clc1ccc(-n2cncn2)c(NCc2csc(Br)c2)c1. The van der Waals surface area contributed by atoms with Crippen molar-refractivity contribution >= 4 is 44.6 Å². The molecule has 0 aliphatic rings. The molecule has 1 N–H and O–H groups in total. The molecule has 20 heavy (non-hydrogen) atoms. The number of thiophene rings is 1. The highest BCUT2D eigenvalue weighted by molar-refractivity contribution is 9.11. The van der Waals surface area contributed by atoms with Gasteiger partial charge in [0.05, 0.1) is 15.2 Å². The fraction of sp³-hybridized carbons (Fsp3) is 0.0769. The third-order valence-electron chi connectivity index (χ3n) is 2.73. The van der Waals surface area contributed by atoms with E-state index in [1.807, 2.05) is 18.2 Å². The van der Waals surface area contributed by atoms with Gasteiger partial charge in [-0.15, -0.1) is 11.3 Å². The Labute approximate surface area is 133 Å². The lowest BCUT2D eigenvalue weighted by Gasteiger charge is -2.11. The molecular weight excluding hydrogens is 360 g/mol. The van der Waals surface area contributed by atoms with E-state index in [9.17, 15) is 0 Å². The molecule has 0 fully saturated rings. The van der Waals surface area contributed by atoms with Crippen LogP contribution in [-0.4, -0.2) is 14.8 Å². The number of benzene rings is 1. The van der Waals surface area contributed by atoms with Gasteiger partial charge in [0, 0.05) is 11.6 Å². The molecule has 3 rings (SSSR count). The summed E-state index contributed by atoms with van der Waals surface area (Å²) < 4.78 is 2.83. The van der Waals surface area contributed by atoms with Gasteiger partial charge >= 0.3 is 0 Å². The van der Waals surface area contributed by atoms with Crippen LogP contribution in [0.15, 0.2) is 46.1 Å². The number of hydrogen-bond acceptors (Lipinski definition) is 4. The van der Waals surface area contributed by atoms with E-state index in [4.69, 9.17) is 11.6 Å². The van der Waals surface area contributed by atoms with Crippen molar-refractivity contribution in [3.05, 3.63) is 56.7 Å². The summed E-state index contributed by atoms with van der Waals surface area (Å²) in [5, 5.41) is 10.3. The van der Waals surface area contributed by atoms with Gasteiger partial charge in [-0.1, -0.05) is 11.6 Å². The Morgan fingerprint density at radius 3 is 2.95 bits per heavy atom. The molecule has 2 heterocycles. The monoisotopic (exact) mass is 368 g/mol. The minimum absolute atomic E-state index is 0.683. The van der Waals surface area contributed by atoms with E-state index in [0.717, 1.165) is 21.7 Å². The van der Waals surface area contributed by atoms with Crippen LogP contribution >= 0.6 is 38.9 Å². The van der Waals surface area contributed by atoms with E-state index in [-0.39, 0.29) is 0 Å². The third kappa shape index (κ3) is 3.03. The lowest BCUT2D eigenvalue weighted by molar-refractivity contribution is 0.878. The van der Waals surface area contributed by atoms with E-state index < -0.39 is 0 Å². The number of rotatable bonds is 4. The summed E-state index contributed by atoms with van der Waals surface area (Å²) in [4.78, 5) is 3.97. The normalized spacial score (nSPS) is 10.7. The summed E-state index contributed by atoms with van der Waals surface area (Å²) in [6.45, 7) is 0.726. The van der Waals surface area contributed by atoms with Crippen molar-refractivity contribution in [1.29, 1.82) is 0 Å². The van der Waals surface area contributed by atoms with Gasteiger partial charge in [-0.25, -0.2) is 9.67 Å². The summed E-state index contributed by atoms with van der Waals surface area (Å²) in [6.07, 6.45) is 3.17. The highest BCUT2D eigenvalue weighted by Gasteiger charge is 2.07. The number of hydrogen-bond donors (Lipinski definition) is 1. The molecule has 102 valence electrons. The molecule has 4 nitrogen and oxygen atoms in total. The molecule has 0 amide bonds. The first-order valence-electron chi connectivity index (χ1n) is 5.84. The second-order valence-corrected chi connectivity index (χ2v) is 6.84. The van der Waals surface area contributed by atoms with Crippen LogP contribution in [0.2, 0.25) is 5.02 Å². The lowest BCUT2D eigenvalue weighted by Crippen LogP contribution is -2.04. The first kappa shape index (κ1) is 13.6. The third-order valence-corrected chi connectivity index (χ3v) is 4.52. The van der Waals surface area contributed by atoms with Gasteiger partial charge in [-0.2, -0.15) is 5.10 Å². The Hall–Kier alpha value is -1.37. The summed E-state index contributed by atoms with van der Waals surface area (Å²) in [5.41, 5.74) is 3.05. The number of anilines is 1. The maximum Gasteiger partial charge on any atom is 0.138 e. The highest BCUT2D eigenvalue weighted by atomic mass is 79.9. The Kier molecular flexibility index (Phi) is 4.05. The molecule has 0 radical (unpaired) electrons. The average molecular weight is 370 g/mol. The van der Waals surface area contributed by atoms with Crippen LogP contribution in [0.25, 0.3) is 5.69 Å². The van der Waals surface area contributed by atoms with E-state index in [2.05, 4.69) is 42.8 Å². The van der Waals surface area contributed by atoms with Crippen molar-refractivity contribution in [3.63, 3.8) is 0 Å². The van der Waals surface area contributed by atoms with Crippen molar-refractivity contribution in [2.24, 2.45) is 0 Å². The van der Waals surface area contributed by atoms with Crippen LogP contribution in [0, 0.1) is 0 Å². The standard InChI is InChI=1S/C13H10BrClN4S/c14-13-3-9(6-20-13)5-17-11-4-10(15)1-2-12(11)19-8-16-7-18-19/h1-4,6-8,17H,5H2. The topological polar surface area (TPSA) is 42.7 Å². The van der Waals surface area contributed by atoms with E-state index in [0.29, 0.717) is 5.02 Å². The zero-order chi connectivity index (χ0) is 13.9. The van der Waals surface area contributed by atoms with E-state index in [1.54, 1.807) is 22.3 Å². The smallest absolute Gasteiger partial charge is 0.138 e. The molecule has 0 saturated carbocycles. The van der Waals surface area contributed by atoms with Crippen LogP contribution in [0.5, 0.6) is 0 Å². The molecule has 1 aromatic carbocycles. The molecule has 7 heteroatoms. The molecule has 0 aliphatic carbocycles. The molecule has 0 saturated heterocycles. The van der Waals surface area contributed by atoms with Gasteiger partial charge in [-0.3, -0.25) is 0 Å². The van der Waals surface area contributed by atoms with Crippen molar-refractivity contribution in [2.75, 3.05) is 5.32 Å². The van der Waals surface area contributed by atoms with Crippen molar-refractivity contribution in [2.45, 2.75) is 6.54 Å². The lowest BCUT2D eigenvalue weighted by atomic mass is 10.2. The summed E-state index contributed by atoms with van der Waals surface area (Å²) in [7, 11) is 0. The van der Waals surface area contributed by atoms with Crippen molar-refractivity contribution in [3.8, 4) is 5.69 Å². The van der Waals surface area contributed by atoms with Crippen LogP contribution in [0.1, 0.15) is 5.56 Å². The predicted molar refractivity (Wildman–Crippen MR) is 85.7 cm³/mol. The molecular formula is C13H10BrClN4S. The first-order valence-corrected chi connectivity index (χ1v) is 7.89. The Morgan fingerprint density at radius 1 is 1.35 bits per heavy atom. The molecule has 0 aliphatic heterocycles. The second-order valence-electron chi connectivity index (χ2n) is 4.11. The molecule has 0 bridgehead atoms. The van der Waals surface area contributed by atoms with Crippen LogP contribution < -0.4 is 5.32 Å². The maximum atomic E-state index is 6.07. The van der Waals surface area contributed by atoms with E-state index in [1.165, 1.54) is 11.9 Å². The summed E-state index contributed by atoms with van der Waals surface area (Å²) in [5.74, 6) is 0. The maximum absolute atomic E-state index is 6.07. The van der Waals surface area contributed by atoms with Crippen LogP contribution in [0.4, 0.5) is 5.69 Å². The molecule has 0 atom stereocenters. The Morgan fingerprint density at radius 2 is 2.25 bits per heavy atom. The molecule has 3 aromatic rings. The summed E-state index contributed by atoms with van der Waals surface area (Å²) >= 11 is 11.2. The second kappa shape index (κ2) is 5.95. The number of halogens is 2. The fourth-order valence-corrected chi connectivity index (χ4v) is 3.20. The van der Waals surface area contributed by atoms with E-state index >= 15 is 0 Å². The largest absolute Gasteiger partial charge is 0.379 e. The fourth-order valence-electron chi connectivity index (χ4n) is 1.82. The van der Waals surface area contributed by atoms with Gasteiger partial charge in [0.25, 0.3) is 0 Å². The predicted octanol–water partition coefficient (Wildman–Crippen LogP) is 4.36. The van der Waals surface area contributed by atoms with Gasteiger partial charge in [0.1, 0.15) is 12.7 Å². The minimum atomic E-state index is 0.683. The number of aromatic nitrogens is 3. The Bertz CT molecular complexity index is 711. The highest BCUT2D eigenvalue weighted by Crippen LogP contribution is 2.26. The van der Waals surface area contributed by atoms with Crippen molar-refractivity contribution < 1.29 is 0 Å². The van der Waals surface area contributed by atoms with Gasteiger partial charge in [0.2, 0.25) is 0 Å². The summed E-state index contributed by atoms with van der Waals surface area (Å²) in [6, 6.07) is 7.74. The van der Waals surface area contributed by atoms with Gasteiger partial charge in [0.15, 0.2) is 0 Å². The van der Waals surface area contributed by atoms with Crippen molar-refractivity contribution in [1.82, 2.24) is 14.8 Å². The molecule has 2 aromatic heterocycles. The zero-order valence-corrected chi connectivity index (χ0v) is 13.4. The van der Waals surface area contributed by atoms with Crippen LogP contribution in [0.3, 0.4) is 0 Å². The van der Waals surface area contributed by atoms with Crippen LogP contribution in [-0.2, 0) is 6.54 Å². The quantitative estimate of drug-likeness (QED) is 0.743. The van der Waals surface area contributed by atoms with Gasteiger partial charge < -0.3 is 5.32 Å².